The Bertz CT molecular complexity index is 319. The lowest BCUT2D eigenvalue weighted by Gasteiger charge is -2.14. The Morgan fingerprint density at radius 2 is 2.43 bits per heavy atom. The molecule has 14 heavy (non-hydrogen) atoms. The van der Waals surface area contributed by atoms with E-state index in [9.17, 15) is 0 Å². The Labute approximate surface area is 84.5 Å². The number of methoxy groups -OCH3 is 1. The van der Waals surface area contributed by atoms with Crippen LogP contribution < -0.4 is 10.1 Å². The lowest BCUT2D eigenvalue weighted by atomic mass is 10.1. The number of pyridine rings is 1. The van der Waals surface area contributed by atoms with E-state index < -0.39 is 0 Å². The Morgan fingerprint density at radius 1 is 1.57 bits per heavy atom. The van der Waals surface area contributed by atoms with Crippen molar-refractivity contribution in [3.63, 3.8) is 0 Å². The highest BCUT2D eigenvalue weighted by atomic mass is 16.5. The highest BCUT2D eigenvalue weighted by Crippen LogP contribution is 2.28. The van der Waals surface area contributed by atoms with Crippen LogP contribution in [0.5, 0.6) is 5.75 Å². The zero-order chi connectivity index (χ0) is 9.97. The molecule has 1 aliphatic rings. The number of rotatable bonds is 2. The standard InChI is InChI=1S/C11H16N2O/c1-8-10(14-2)5-7-13-11(8)9-4-3-6-12-9/h5,7,9,12H,3-4,6H2,1-2H3. The van der Waals surface area contributed by atoms with E-state index in [1.807, 2.05) is 12.3 Å². The van der Waals surface area contributed by atoms with Gasteiger partial charge in [-0.3, -0.25) is 4.98 Å². The fourth-order valence-corrected chi connectivity index (χ4v) is 2.02. The summed E-state index contributed by atoms with van der Waals surface area (Å²) in [6.45, 7) is 3.17. The van der Waals surface area contributed by atoms with Crippen molar-refractivity contribution in [2.75, 3.05) is 13.7 Å². The van der Waals surface area contributed by atoms with Crippen LogP contribution in [0.1, 0.15) is 30.1 Å². The van der Waals surface area contributed by atoms with Crippen molar-refractivity contribution in [1.29, 1.82) is 0 Å². The van der Waals surface area contributed by atoms with Crippen LogP contribution in [0.25, 0.3) is 0 Å². The Morgan fingerprint density at radius 3 is 3.07 bits per heavy atom. The molecule has 1 N–H and O–H groups in total. The third-order valence-electron chi connectivity index (χ3n) is 2.80. The maximum atomic E-state index is 5.28. The summed E-state index contributed by atoms with van der Waals surface area (Å²) in [7, 11) is 1.70. The minimum atomic E-state index is 0.421. The van der Waals surface area contributed by atoms with Crippen molar-refractivity contribution in [2.24, 2.45) is 0 Å². The third-order valence-corrected chi connectivity index (χ3v) is 2.80. The van der Waals surface area contributed by atoms with Gasteiger partial charge in [0.2, 0.25) is 0 Å². The molecular weight excluding hydrogens is 176 g/mol. The van der Waals surface area contributed by atoms with Crippen LogP contribution in [0.4, 0.5) is 0 Å². The molecule has 0 bridgehead atoms. The van der Waals surface area contributed by atoms with Crippen LogP contribution in [0.15, 0.2) is 12.3 Å². The van der Waals surface area contributed by atoms with Crippen molar-refractivity contribution in [3.05, 3.63) is 23.5 Å². The van der Waals surface area contributed by atoms with Gasteiger partial charge in [0, 0.05) is 17.8 Å². The van der Waals surface area contributed by atoms with E-state index >= 15 is 0 Å². The SMILES string of the molecule is COc1ccnc(C2CCCN2)c1C. The van der Waals surface area contributed by atoms with E-state index in [4.69, 9.17) is 4.74 Å². The predicted molar refractivity (Wildman–Crippen MR) is 55.5 cm³/mol. The number of nitrogens with zero attached hydrogens (tertiary/aromatic N) is 1. The molecule has 0 spiro atoms. The average Bonchev–Trinajstić information content (AvgIpc) is 2.71. The second-order valence-corrected chi connectivity index (χ2v) is 3.67. The van der Waals surface area contributed by atoms with Crippen molar-refractivity contribution in [1.82, 2.24) is 10.3 Å². The van der Waals surface area contributed by atoms with Gasteiger partial charge in [0.05, 0.1) is 12.8 Å². The van der Waals surface area contributed by atoms with Gasteiger partial charge in [-0.05, 0) is 32.4 Å². The van der Waals surface area contributed by atoms with Gasteiger partial charge in [-0.15, -0.1) is 0 Å². The summed E-state index contributed by atoms with van der Waals surface area (Å²) in [6, 6.07) is 2.33. The van der Waals surface area contributed by atoms with Crippen molar-refractivity contribution in [2.45, 2.75) is 25.8 Å². The normalized spacial score (nSPS) is 21.1. The molecule has 2 heterocycles. The summed E-state index contributed by atoms with van der Waals surface area (Å²) in [4.78, 5) is 4.43. The molecule has 0 radical (unpaired) electrons. The van der Waals surface area contributed by atoms with Crippen molar-refractivity contribution < 1.29 is 4.74 Å². The first-order valence-electron chi connectivity index (χ1n) is 5.06. The van der Waals surface area contributed by atoms with Gasteiger partial charge in [-0.25, -0.2) is 0 Å². The van der Waals surface area contributed by atoms with E-state index in [1.54, 1.807) is 7.11 Å². The molecular formula is C11H16N2O. The van der Waals surface area contributed by atoms with Crippen LogP contribution in [0.2, 0.25) is 0 Å². The second kappa shape index (κ2) is 3.96. The van der Waals surface area contributed by atoms with E-state index in [1.165, 1.54) is 12.8 Å². The van der Waals surface area contributed by atoms with Gasteiger partial charge in [0.15, 0.2) is 0 Å². The summed E-state index contributed by atoms with van der Waals surface area (Å²) in [5.41, 5.74) is 2.30. The second-order valence-electron chi connectivity index (χ2n) is 3.67. The molecule has 3 nitrogen and oxygen atoms in total. The monoisotopic (exact) mass is 192 g/mol. The molecule has 3 heteroatoms. The van der Waals surface area contributed by atoms with Gasteiger partial charge in [0.1, 0.15) is 5.75 Å². The molecule has 1 saturated heterocycles. The highest BCUT2D eigenvalue weighted by molar-refractivity contribution is 5.36. The molecule has 1 unspecified atom stereocenters. The summed E-state index contributed by atoms with van der Waals surface area (Å²) in [5.74, 6) is 0.934. The smallest absolute Gasteiger partial charge is 0.125 e. The van der Waals surface area contributed by atoms with Crippen LogP contribution in [-0.4, -0.2) is 18.6 Å². The van der Waals surface area contributed by atoms with Gasteiger partial charge < -0.3 is 10.1 Å². The number of nitrogens with one attached hydrogen (secondary N) is 1. The van der Waals surface area contributed by atoms with Crippen LogP contribution in [0.3, 0.4) is 0 Å². The summed E-state index contributed by atoms with van der Waals surface area (Å²) >= 11 is 0. The molecule has 1 fully saturated rings. The maximum Gasteiger partial charge on any atom is 0.125 e. The molecule has 1 atom stereocenters. The minimum absolute atomic E-state index is 0.421. The van der Waals surface area contributed by atoms with Gasteiger partial charge >= 0.3 is 0 Å². The van der Waals surface area contributed by atoms with Crippen LogP contribution >= 0.6 is 0 Å². The van der Waals surface area contributed by atoms with E-state index in [0.717, 1.165) is 23.6 Å². The summed E-state index contributed by atoms with van der Waals surface area (Å²) in [6.07, 6.45) is 4.24. The first kappa shape index (κ1) is 9.46. The zero-order valence-corrected chi connectivity index (χ0v) is 8.71. The molecule has 0 aromatic carbocycles. The fraction of sp³-hybridized carbons (Fsp3) is 0.545. The molecule has 1 aromatic heterocycles. The first-order valence-corrected chi connectivity index (χ1v) is 5.06. The van der Waals surface area contributed by atoms with E-state index in [-0.39, 0.29) is 0 Å². The molecule has 1 aromatic rings. The van der Waals surface area contributed by atoms with Crippen LogP contribution in [-0.2, 0) is 0 Å². The Kier molecular flexibility index (Phi) is 2.68. The minimum Gasteiger partial charge on any atom is -0.496 e. The number of hydrogen-bond acceptors (Lipinski definition) is 3. The van der Waals surface area contributed by atoms with Gasteiger partial charge in [0.25, 0.3) is 0 Å². The van der Waals surface area contributed by atoms with Crippen LogP contribution in [0, 0.1) is 6.92 Å². The predicted octanol–water partition coefficient (Wildman–Crippen LogP) is 1.82. The van der Waals surface area contributed by atoms with E-state index in [2.05, 4.69) is 17.2 Å². The number of hydrogen-bond donors (Lipinski definition) is 1. The fourth-order valence-electron chi connectivity index (χ4n) is 2.02. The highest BCUT2D eigenvalue weighted by Gasteiger charge is 2.20. The molecule has 0 amide bonds. The lowest BCUT2D eigenvalue weighted by Crippen LogP contribution is -2.15. The van der Waals surface area contributed by atoms with Crippen molar-refractivity contribution >= 4 is 0 Å². The Hall–Kier alpha value is -1.09. The zero-order valence-electron chi connectivity index (χ0n) is 8.71. The molecule has 0 saturated carbocycles. The lowest BCUT2D eigenvalue weighted by molar-refractivity contribution is 0.409. The van der Waals surface area contributed by atoms with Crippen molar-refractivity contribution in [3.8, 4) is 5.75 Å². The average molecular weight is 192 g/mol. The molecule has 0 aliphatic carbocycles. The molecule has 76 valence electrons. The first-order chi connectivity index (χ1) is 6.83. The van der Waals surface area contributed by atoms with E-state index in [0.29, 0.717) is 6.04 Å². The van der Waals surface area contributed by atoms with Gasteiger partial charge in [-0.2, -0.15) is 0 Å². The Balaban J connectivity index is 2.32. The van der Waals surface area contributed by atoms with Gasteiger partial charge in [-0.1, -0.05) is 0 Å². The molecule has 2 rings (SSSR count). The third kappa shape index (κ3) is 1.60. The number of ether oxygens (including phenoxy) is 1. The topological polar surface area (TPSA) is 34.1 Å². The summed E-state index contributed by atoms with van der Waals surface area (Å²) in [5, 5.41) is 3.45. The largest absolute Gasteiger partial charge is 0.496 e. The summed E-state index contributed by atoms with van der Waals surface area (Å²) < 4.78 is 5.28. The number of aromatic nitrogens is 1. The molecule has 1 aliphatic heterocycles. The quantitative estimate of drug-likeness (QED) is 0.776. The maximum absolute atomic E-state index is 5.28.